The highest BCUT2D eigenvalue weighted by Gasteiger charge is 2.10. The van der Waals surface area contributed by atoms with Gasteiger partial charge in [-0.2, -0.15) is 0 Å². The molecule has 0 unspecified atom stereocenters. The van der Waals surface area contributed by atoms with Crippen LogP contribution in [0, 0.1) is 6.92 Å². The van der Waals surface area contributed by atoms with Crippen LogP contribution in [0.25, 0.3) is 0 Å². The largest absolute Gasteiger partial charge is 0.261 e. The van der Waals surface area contributed by atoms with E-state index in [0.717, 1.165) is 5.69 Å². The Balaban J connectivity index is 2.19. The summed E-state index contributed by atoms with van der Waals surface area (Å²) in [7, 11) is 0. The van der Waals surface area contributed by atoms with E-state index in [1.807, 2.05) is 13.1 Å². The third kappa shape index (κ3) is 1.97. The zero-order valence-electron chi connectivity index (χ0n) is 8.03. The van der Waals surface area contributed by atoms with Crippen molar-refractivity contribution in [2.24, 2.45) is 0 Å². The van der Waals surface area contributed by atoms with E-state index in [0.29, 0.717) is 5.92 Å². The molecular formula is C12H15N. The van der Waals surface area contributed by atoms with Crippen LogP contribution in [0.3, 0.4) is 0 Å². The summed E-state index contributed by atoms with van der Waals surface area (Å²) in [5.74, 6) is 0.613. The molecule has 1 aromatic rings. The SMILES string of the molecule is Cc1ccc([C@@H]2C=CCCC2)cn1. The van der Waals surface area contributed by atoms with Gasteiger partial charge in [0.25, 0.3) is 0 Å². The first-order valence-corrected chi connectivity index (χ1v) is 4.95. The summed E-state index contributed by atoms with van der Waals surface area (Å²) in [6, 6.07) is 4.29. The molecule has 0 bridgehead atoms. The minimum atomic E-state index is 0.613. The van der Waals surface area contributed by atoms with Crippen LogP contribution in [0.4, 0.5) is 0 Å². The lowest BCUT2D eigenvalue weighted by Crippen LogP contribution is -1.99. The van der Waals surface area contributed by atoms with E-state index in [9.17, 15) is 0 Å². The topological polar surface area (TPSA) is 12.9 Å². The Morgan fingerprint density at radius 1 is 1.38 bits per heavy atom. The Hall–Kier alpha value is -1.11. The van der Waals surface area contributed by atoms with Crippen LogP contribution in [0.15, 0.2) is 30.5 Å². The Morgan fingerprint density at radius 2 is 2.31 bits per heavy atom. The van der Waals surface area contributed by atoms with Gasteiger partial charge in [-0.15, -0.1) is 0 Å². The van der Waals surface area contributed by atoms with Crippen LogP contribution in [0.2, 0.25) is 0 Å². The molecule has 0 saturated carbocycles. The van der Waals surface area contributed by atoms with E-state index in [2.05, 4.69) is 29.3 Å². The highest BCUT2D eigenvalue weighted by molar-refractivity contribution is 5.23. The molecule has 13 heavy (non-hydrogen) atoms. The summed E-state index contributed by atoms with van der Waals surface area (Å²) in [6.45, 7) is 2.03. The fourth-order valence-electron chi connectivity index (χ4n) is 1.79. The summed E-state index contributed by atoms with van der Waals surface area (Å²) >= 11 is 0. The molecule has 1 heterocycles. The molecule has 0 radical (unpaired) electrons. The minimum absolute atomic E-state index is 0.613. The molecule has 0 aromatic carbocycles. The zero-order chi connectivity index (χ0) is 9.10. The molecule has 0 aliphatic heterocycles. The Bertz CT molecular complexity index is 297. The van der Waals surface area contributed by atoms with Crippen molar-refractivity contribution in [1.82, 2.24) is 4.98 Å². The third-order valence-corrected chi connectivity index (χ3v) is 2.62. The van der Waals surface area contributed by atoms with Gasteiger partial charge in [-0.1, -0.05) is 18.2 Å². The number of nitrogens with zero attached hydrogens (tertiary/aromatic N) is 1. The van der Waals surface area contributed by atoms with Crippen LogP contribution in [-0.4, -0.2) is 4.98 Å². The molecule has 1 aromatic heterocycles. The molecule has 68 valence electrons. The van der Waals surface area contributed by atoms with Crippen LogP contribution < -0.4 is 0 Å². The molecule has 0 N–H and O–H groups in total. The standard InChI is InChI=1S/C12H15N/c1-10-7-8-12(9-13-10)11-5-3-2-4-6-11/h3,5,7-9,11H,2,4,6H2,1H3/t11-/m1/s1. The number of aromatic nitrogens is 1. The Labute approximate surface area is 79.5 Å². The predicted molar refractivity (Wildman–Crippen MR) is 54.7 cm³/mol. The Kier molecular flexibility index (Phi) is 2.44. The number of hydrogen-bond acceptors (Lipinski definition) is 1. The van der Waals surface area contributed by atoms with Crippen molar-refractivity contribution >= 4 is 0 Å². The van der Waals surface area contributed by atoms with Gasteiger partial charge < -0.3 is 0 Å². The van der Waals surface area contributed by atoms with Crippen LogP contribution >= 0.6 is 0 Å². The number of rotatable bonds is 1. The van der Waals surface area contributed by atoms with E-state index in [-0.39, 0.29) is 0 Å². The van der Waals surface area contributed by atoms with Gasteiger partial charge in [0, 0.05) is 17.8 Å². The van der Waals surface area contributed by atoms with E-state index < -0.39 is 0 Å². The van der Waals surface area contributed by atoms with Crippen molar-refractivity contribution in [2.75, 3.05) is 0 Å². The zero-order valence-corrected chi connectivity index (χ0v) is 8.03. The lowest BCUT2D eigenvalue weighted by Gasteiger charge is -2.16. The highest BCUT2D eigenvalue weighted by Crippen LogP contribution is 2.26. The van der Waals surface area contributed by atoms with Crippen molar-refractivity contribution < 1.29 is 0 Å². The van der Waals surface area contributed by atoms with Gasteiger partial charge in [0.2, 0.25) is 0 Å². The first kappa shape index (κ1) is 8.49. The van der Waals surface area contributed by atoms with Gasteiger partial charge in [0.1, 0.15) is 0 Å². The summed E-state index contributed by atoms with van der Waals surface area (Å²) in [5.41, 5.74) is 2.46. The van der Waals surface area contributed by atoms with Gasteiger partial charge >= 0.3 is 0 Å². The maximum absolute atomic E-state index is 4.32. The van der Waals surface area contributed by atoms with Crippen LogP contribution in [0.1, 0.15) is 36.4 Å². The molecule has 2 rings (SSSR count). The average Bonchev–Trinajstić information content (AvgIpc) is 2.20. The molecule has 1 atom stereocenters. The lowest BCUT2D eigenvalue weighted by molar-refractivity contribution is 0.652. The summed E-state index contributed by atoms with van der Waals surface area (Å²) in [6.07, 6.45) is 10.5. The first-order valence-electron chi connectivity index (χ1n) is 4.95. The predicted octanol–water partition coefficient (Wildman–Crippen LogP) is 3.21. The Morgan fingerprint density at radius 3 is 2.92 bits per heavy atom. The second kappa shape index (κ2) is 3.73. The van der Waals surface area contributed by atoms with Gasteiger partial charge in [0.15, 0.2) is 0 Å². The fraction of sp³-hybridized carbons (Fsp3) is 0.417. The number of allylic oxidation sites excluding steroid dienone is 2. The van der Waals surface area contributed by atoms with Crippen molar-refractivity contribution in [3.63, 3.8) is 0 Å². The van der Waals surface area contributed by atoms with Crippen LogP contribution in [-0.2, 0) is 0 Å². The molecule has 0 amide bonds. The summed E-state index contributed by atoms with van der Waals surface area (Å²) in [5, 5.41) is 0. The van der Waals surface area contributed by atoms with Gasteiger partial charge in [0.05, 0.1) is 0 Å². The maximum atomic E-state index is 4.32. The smallest absolute Gasteiger partial charge is 0.0372 e. The third-order valence-electron chi connectivity index (χ3n) is 2.62. The van der Waals surface area contributed by atoms with E-state index in [4.69, 9.17) is 0 Å². The van der Waals surface area contributed by atoms with Crippen molar-refractivity contribution in [1.29, 1.82) is 0 Å². The minimum Gasteiger partial charge on any atom is -0.261 e. The summed E-state index contributed by atoms with van der Waals surface area (Å²) in [4.78, 5) is 4.32. The fourth-order valence-corrected chi connectivity index (χ4v) is 1.79. The number of hydrogen-bond donors (Lipinski definition) is 0. The molecular weight excluding hydrogens is 158 g/mol. The van der Waals surface area contributed by atoms with Gasteiger partial charge in [-0.3, -0.25) is 4.98 Å². The first-order chi connectivity index (χ1) is 6.36. The van der Waals surface area contributed by atoms with Crippen LogP contribution in [0.5, 0.6) is 0 Å². The van der Waals surface area contributed by atoms with E-state index >= 15 is 0 Å². The normalized spacial score (nSPS) is 21.8. The second-order valence-electron chi connectivity index (χ2n) is 3.70. The molecule has 1 aliphatic rings. The molecule has 0 spiro atoms. The van der Waals surface area contributed by atoms with Gasteiger partial charge in [-0.25, -0.2) is 0 Å². The summed E-state index contributed by atoms with van der Waals surface area (Å²) < 4.78 is 0. The maximum Gasteiger partial charge on any atom is 0.0372 e. The number of pyridine rings is 1. The molecule has 0 saturated heterocycles. The van der Waals surface area contributed by atoms with Crippen molar-refractivity contribution in [3.05, 3.63) is 41.7 Å². The van der Waals surface area contributed by atoms with Crippen molar-refractivity contribution in [2.45, 2.75) is 32.1 Å². The monoisotopic (exact) mass is 173 g/mol. The van der Waals surface area contributed by atoms with Gasteiger partial charge in [-0.05, 0) is 37.8 Å². The van der Waals surface area contributed by atoms with E-state index in [1.54, 1.807) is 0 Å². The number of aryl methyl sites for hydroxylation is 1. The molecule has 1 heteroatoms. The molecule has 1 nitrogen and oxygen atoms in total. The van der Waals surface area contributed by atoms with Crippen molar-refractivity contribution in [3.8, 4) is 0 Å². The average molecular weight is 173 g/mol. The second-order valence-corrected chi connectivity index (χ2v) is 3.70. The molecule has 0 fully saturated rings. The van der Waals surface area contributed by atoms with E-state index in [1.165, 1.54) is 24.8 Å². The quantitative estimate of drug-likeness (QED) is 0.594. The lowest BCUT2D eigenvalue weighted by atomic mass is 9.90. The molecule has 1 aliphatic carbocycles. The highest BCUT2D eigenvalue weighted by atomic mass is 14.7.